The Bertz CT molecular complexity index is 421. The van der Waals surface area contributed by atoms with Crippen LogP contribution in [-0.4, -0.2) is 9.97 Å². The normalized spacial score (nSPS) is 19.4. The van der Waals surface area contributed by atoms with Gasteiger partial charge in [-0.1, -0.05) is 59.3 Å². The van der Waals surface area contributed by atoms with Gasteiger partial charge in [-0.15, -0.1) is 0 Å². The number of rotatable bonds is 7. The lowest BCUT2D eigenvalue weighted by Gasteiger charge is -2.32. The minimum Gasteiger partial charge on any atom is -0.241 e. The van der Waals surface area contributed by atoms with Crippen molar-refractivity contribution in [2.45, 2.75) is 96.3 Å². The molecule has 2 rings (SSSR count). The highest BCUT2D eigenvalue weighted by atomic mass is 14.9. The van der Waals surface area contributed by atoms with E-state index in [1.165, 1.54) is 69.9 Å². The second-order valence-corrected chi connectivity index (χ2v) is 7.05. The summed E-state index contributed by atoms with van der Waals surface area (Å²) in [5.41, 5.74) is 1.51. The van der Waals surface area contributed by atoms with Crippen molar-refractivity contribution in [1.29, 1.82) is 0 Å². The summed E-state index contributed by atoms with van der Waals surface area (Å²) in [6, 6.07) is 2.16. The summed E-state index contributed by atoms with van der Waals surface area (Å²) in [4.78, 5) is 9.68. The van der Waals surface area contributed by atoms with E-state index >= 15 is 0 Å². The topological polar surface area (TPSA) is 25.8 Å². The first-order valence-electron chi connectivity index (χ1n) is 9.03. The Hall–Kier alpha value is -0.920. The molecule has 1 atom stereocenters. The van der Waals surface area contributed by atoms with Gasteiger partial charge in [0.2, 0.25) is 0 Å². The minimum absolute atomic E-state index is 0.218. The van der Waals surface area contributed by atoms with Crippen LogP contribution in [0, 0.1) is 0 Å². The maximum Gasteiger partial charge on any atom is 0.134 e. The molecule has 1 aromatic heterocycles. The third kappa shape index (κ3) is 4.28. The molecule has 1 heterocycles. The Morgan fingerprint density at radius 1 is 1.10 bits per heavy atom. The molecule has 0 aliphatic heterocycles. The second kappa shape index (κ2) is 7.91. The van der Waals surface area contributed by atoms with Crippen LogP contribution in [0.2, 0.25) is 0 Å². The summed E-state index contributed by atoms with van der Waals surface area (Å²) in [6.07, 6.45) is 14.9. The van der Waals surface area contributed by atoms with E-state index < -0.39 is 0 Å². The summed E-state index contributed by atoms with van der Waals surface area (Å²) in [5.74, 6) is 1.74. The molecule has 1 fully saturated rings. The van der Waals surface area contributed by atoms with E-state index in [1.807, 2.05) is 6.20 Å². The molecule has 0 N–H and O–H groups in total. The van der Waals surface area contributed by atoms with E-state index in [0.29, 0.717) is 5.92 Å². The predicted molar refractivity (Wildman–Crippen MR) is 89.6 cm³/mol. The molecule has 0 saturated heterocycles. The van der Waals surface area contributed by atoms with Crippen LogP contribution in [0.5, 0.6) is 0 Å². The fourth-order valence-electron chi connectivity index (χ4n) is 3.69. The Balaban J connectivity index is 2.18. The lowest BCUT2D eigenvalue weighted by atomic mass is 9.75. The van der Waals surface area contributed by atoms with Crippen LogP contribution in [0.1, 0.15) is 102 Å². The van der Waals surface area contributed by atoms with Crippen LogP contribution < -0.4 is 0 Å². The lowest BCUT2D eigenvalue weighted by Crippen LogP contribution is -2.28. The molecule has 118 valence electrons. The Kier molecular flexibility index (Phi) is 6.20. The molecular weight excluding hydrogens is 256 g/mol. The Labute approximate surface area is 130 Å². The van der Waals surface area contributed by atoms with Gasteiger partial charge in [0.15, 0.2) is 0 Å². The number of hydrogen-bond acceptors (Lipinski definition) is 2. The highest BCUT2D eigenvalue weighted by Crippen LogP contribution is 2.37. The predicted octanol–water partition coefficient (Wildman–Crippen LogP) is 5.77. The summed E-state index contributed by atoms with van der Waals surface area (Å²) in [7, 11) is 0. The maximum atomic E-state index is 5.03. The van der Waals surface area contributed by atoms with Gasteiger partial charge in [-0.05, 0) is 31.7 Å². The largest absolute Gasteiger partial charge is 0.241 e. The molecule has 0 bridgehead atoms. The summed E-state index contributed by atoms with van der Waals surface area (Å²) in [6.45, 7) is 6.92. The van der Waals surface area contributed by atoms with Crippen molar-refractivity contribution in [2.24, 2.45) is 0 Å². The third-order valence-corrected chi connectivity index (χ3v) is 5.14. The molecule has 0 amide bonds. The molecule has 0 radical (unpaired) electrons. The molecule has 1 saturated carbocycles. The molecule has 0 aromatic carbocycles. The first-order chi connectivity index (χ1) is 10.2. The monoisotopic (exact) mass is 288 g/mol. The number of unbranched alkanes of at least 4 members (excludes halogenated alkanes) is 1. The fourth-order valence-corrected chi connectivity index (χ4v) is 3.69. The molecular formula is C19H32N2. The standard InChI is InChI=1S/C19H32N2/c1-4-6-11-16(10-5-2)17-12-15-20-18(21-17)19(3)13-8-7-9-14-19/h12,15-16H,4-11,13-14H2,1-3H3. The molecule has 21 heavy (non-hydrogen) atoms. The van der Waals surface area contributed by atoms with Gasteiger partial charge in [0.25, 0.3) is 0 Å². The van der Waals surface area contributed by atoms with E-state index in [2.05, 4.69) is 31.8 Å². The zero-order valence-corrected chi connectivity index (χ0v) is 14.2. The smallest absolute Gasteiger partial charge is 0.134 e. The first-order valence-corrected chi connectivity index (χ1v) is 9.03. The fraction of sp³-hybridized carbons (Fsp3) is 0.789. The molecule has 1 aliphatic carbocycles. The van der Waals surface area contributed by atoms with Crippen molar-refractivity contribution in [3.05, 3.63) is 23.8 Å². The Morgan fingerprint density at radius 3 is 2.52 bits per heavy atom. The summed E-state index contributed by atoms with van der Waals surface area (Å²) < 4.78 is 0. The van der Waals surface area contributed by atoms with E-state index in [-0.39, 0.29) is 5.41 Å². The van der Waals surface area contributed by atoms with Crippen LogP contribution in [0.3, 0.4) is 0 Å². The molecule has 1 unspecified atom stereocenters. The van der Waals surface area contributed by atoms with Gasteiger partial charge in [0.1, 0.15) is 5.82 Å². The first kappa shape index (κ1) is 16.5. The van der Waals surface area contributed by atoms with Gasteiger partial charge < -0.3 is 0 Å². The molecule has 2 heteroatoms. The van der Waals surface area contributed by atoms with Crippen LogP contribution >= 0.6 is 0 Å². The number of aromatic nitrogens is 2. The van der Waals surface area contributed by atoms with Crippen molar-refractivity contribution < 1.29 is 0 Å². The third-order valence-electron chi connectivity index (χ3n) is 5.14. The number of hydrogen-bond donors (Lipinski definition) is 0. The lowest BCUT2D eigenvalue weighted by molar-refractivity contribution is 0.302. The van der Waals surface area contributed by atoms with Crippen LogP contribution in [0.25, 0.3) is 0 Å². The van der Waals surface area contributed by atoms with Crippen molar-refractivity contribution in [3.8, 4) is 0 Å². The minimum atomic E-state index is 0.218. The zero-order chi connectivity index (χ0) is 15.1. The number of nitrogens with zero attached hydrogens (tertiary/aromatic N) is 2. The van der Waals surface area contributed by atoms with Gasteiger partial charge in [0, 0.05) is 23.2 Å². The SMILES string of the molecule is CCCCC(CCC)c1ccnc(C2(C)CCCCC2)n1. The molecule has 2 nitrogen and oxygen atoms in total. The molecule has 1 aromatic rings. The van der Waals surface area contributed by atoms with Gasteiger partial charge in [-0.3, -0.25) is 0 Å². The van der Waals surface area contributed by atoms with Gasteiger partial charge >= 0.3 is 0 Å². The van der Waals surface area contributed by atoms with Gasteiger partial charge in [0.05, 0.1) is 0 Å². The average molecular weight is 288 g/mol. The van der Waals surface area contributed by atoms with Crippen molar-refractivity contribution in [2.75, 3.05) is 0 Å². The summed E-state index contributed by atoms with van der Waals surface area (Å²) >= 11 is 0. The molecule has 1 aliphatic rings. The average Bonchev–Trinajstić information content (AvgIpc) is 2.52. The zero-order valence-electron chi connectivity index (χ0n) is 14.2. The quantitative estimate of drug-likeness (QED) is 0.636. The Morgan fingerprint density at radius 2 is 1.86 bits per heavy atom. The van der Waals surface area contributed by atoms with E-state index in [1.54, 1.807) is 0 Å². The van der Waals surface area contributed by atoms with Crippen LogP contribution in [-0.2, 0) is 5.41 Å². The molecule has 0 spiro atoms. The summed E-state index contributed by atoms with van der Waals surface area (Å²) in [5, 5.41) is 0. The highest BCUT2D eigenvalue weighted by molar-refractivity contribution is 5.14. The van der Waals surface area contributed by atoms with Crippen LogP contribution in [0.15, 0.2) is 12.3 Å². The van der Waals surface area contributed by atoms with Crippen molar-refractivity contribution in [1.82, 2.24) is 9.97 Å². The van der Waals surface area contributed by atoms with E-state index in [9.17, 15) is 0 Å². The second-order valence-electron chi connectivity index (χ2n) is 7.05. The van der Waals surface area contributed by atoms with Gasteiger partial charge in [-0.25, -0.2) is 9.97 Å². The maximum absolute atomic E-state index is 5.03. The van der Waals surface area contributed by atoms with Crippen molar-refractivity contribution in [3.63, 3.8) is 0 Å². The van der Waals surface area contributed by atoms with E-state index in [0.717, 1.165) is 5.82 Å². The van der Waals surface area contributed by atoms with Crippen LogP contribution in [0.4, 0.5) is 0 Å². The van der Waals surface area contributed by atoms with Gasteiger partial charge in [-0.2, -0.15) is 0 Å². The highest BCUT2D eigenvalue weighted by Gasteiger charge is 2.32. The van der Waals surface area contributed by atoms with E-state index in [4.69, 9.17) is 4.98 Å². The van der Waals surface area contributed by atoms with Crippen molar-refractivity contribution >= 4 is 0 Å².